The fourth-order valence-corrected chi connectivity index (χ4v) is 4.46. The highest BCUT2D eigenvalue weighted by atomic mass is 16.5. The highest BCUT2D eigenvalue weighted by Crippen LogP contribution is 2.52. The molecule has 1 N–H and O–H groups in total. The Labute approximate surface area is 178 Å². The molecule has 2 heterocycles. The molecule has 5 heteroatoms. The van der Waals surface area contributed by atoms with E-state index in [0.717, 1.165) is 16.8 Å². The van der Waals surface area contributed by atoms with Crippen LogP contribution in [0.3, 0.4) is 0 Å². The molecular formula is C25H28N2O3. The van der Waals surface area contributed by atoms with Gasteiger partial charge >= 0.3 is 0 Å². The molecule has 1 fully saturated rings. The lowest BCUT2D eigenvalue weighted by molar-refractivity contribution is -0.118. The van der Waals surface area contributed by atoms with Crippen molar-refractivity contribution in [3.05, 3.63) is 71.8 Å². The molecule has 156 valence electrons. The Balaban J connectivity index is 1.69. The van der Waals surface area contributed by atoms with E-state index in [1.165, 1.54) is 5.56 Å². The topological polar surface area (TPSA) is 50.8 Å². The van der Waals surface area contributed by atoms with E-state index in [2.05, 4.69) is 54.9 Å². The smallest absolute Gasteiger partial charge is 0.241 e. The summed E-state index contributed by atoms with van der Waals surface area (Å²) in [5.74, 6) is 1.38. The van der Waals surface area contributed by atoms with Crippen LogP contribution in [0.5, 0.6) is 11.5 Å². The van der Waals surface area contributed by atoms with Gasteiger partial charge < -0.3 is 19.7 Å². The monoisotopic (exact) mass is 404 g/mol. The van der Waals surface area contributed by atoms with Crippen molar-refractivity contribution in [1.29, 1.82) is 0 Å². The molecule has 1 unspecified atom stereocenters. The van der Waals surface area contributed by atoms with Gasteiger partial charge in [0.2, 0.25) is 5.91 Å². The Morgan fingerprint density at radius 1 is 1.23 bits per heavy atom. The lowest BCUT2D eigenvalue weighted by atomic mass is 9.75. The number of nitrogens with zero attached hydrogens (tertiary/aromatic N) is 1. The van der Waals surface area contributed by atoms with Crippen molar-refractivity contribution in [1.82, 2.24) is 5.32 Å². The molecule has 0 saturated carbocycles. The summed E-state index contributed by atoms with van der Waals surface area (Å²) in [5, 5.41) is 3.24. The molecule has 30 heavy (non-hydrogen) atoms. The zero-order valence-electron chi connectivity index (χ0n) is 18.0. The Morgan fingerprint density at radius 3 is 2.73 bits per heavy atom. The summed E-state index contributed by atoms with van der Waals surface area (Å²) >= 11 is 0. The number of benzene rings is 2. The standard InChI is InChI=1S/C25H28N2O3/c1-17(2)16-30-21-11-10-18(14-22(21)29-5)12-13-25-24(3,4)19-8-6-7-9-20(19)27(25)15-23(28)26-25/h6-14H,1,15-16H2,2-5H3,(H,26,28)/b13-12+. The number of amides is 1. The second-order valence-electron chi connectivity index (χ2n) is 8.53. The molecule has 1 saturated heterocycles. The van der Waals surface area contributed by atoms with E-state index < -0.39 is 5.66 Å². The predicted molar refractivity (Wildman–Crippen MR) is 120 cm³/mol. The summed E-state index contributed by atoms with van der Waals surface area (Å²) in [6.45, 7) is 10.9. The van der Waals surface area contributed by atoms with Gasteiger partial charge in [0.05, 0.1) is 13.7 Å². The van der Waals surface area contributed by atoms with E-state index in [4.69, 9.17) is 9.47 Å². The van der Waals surface area contributed by atoms with E-state index in [-0.39, 0.29) is 11.3 Å². The number of carbonyl (C=O) groups is 1. The number of carbonyl (C=O) groups excluding carboxylic acids is 1. The Kier molecular flexibility index (Phi) is 4.85. The first-order valence-corrected chi connectivity index (χ1v) is 10.1. The molecule has 0 spiro atoms. The van der Waals surface area contributed by atoms with E-state index in [1.54, 1.807) is 7.11 Å². The Morgan fingerprint density at radius 2 is 2.00 bits per heavy atom. The van der Waals surface area contributed by atoms with Gasteiger partial charge in [0.25, 0.3) is 0 Å². The number of ether oxygens (including phenoxy) is 2. The van der Waals surface area contributed by atoms with Crippen LogP contribution < -0.4 is 19.7 Å². The molecular weight excluding hydrogens is 376 g/mol. The molecule has 5 nitrogen and oxygen atoms in total. The largest absolute Gasteiger partial charge is 0.493 e. The van der Waals surface area contributed by atoms with Gasteiger partial charge in [0, 0.05) is 11.1 Å². The lowest BCUT2D eigenvalue weighted by Gasteiger charge is -2.40. The summed E-state index contributed by atoms with van der Waals surface area (Å²) in [6.07, 6.45) is 4.14. The second-order valence-corrected chi connectivity index (χ2v) is 8.53. The van der Waals surface area contributed by atoms with E-state index in [0.29, 0.717) is 24.7 Å². The second kappa shape index (κ2) is 7.24. The van der Waals surface area contributed by atoms with Crippen molar-refractivity contribution in [2.24, 2.45) is 0 Å². The van der Waals surface area contributed by atoms with Gasteiger partial charge in [-0.25, -0.2) is 0 Å². The Hall–Kier alpha value is -3.21. The first-order chi connectivity index (χ1) is 14.3. The van der Waals surface area contributed by atoms with Crippen molar-refractivity contribution in [2.75, 3.05) is 25.2 Å². The van der Waals surface area contributed by atoms with Crippen LogP contribution in [0.1, 0.15) is 31.9 Å². The third kappa shape index (κ3) is 3.05. The fourth-order valence-electron chi connectivity index (χ4n) is 4.46. The number of para-hydroxylation sites is 1. The number of methoxy groups -OCH3 is 1. The van der Waals surface area contributed by atoms with Gasteiger partial charge in [-0.05, 0) is 47.9 Å². The first-order valence-electron chi connectivity index (χ1n) is 10.1. The molecule has 2 aliphatic heterocycles. The van der Waals surface area contributed by atoms with Crippen LogP contribution >= 0.6 is 0 Å². The van der Waals surface area contributed by atoms with Crippen molar-refractivity contribution in [2.45, 2.75) is 31.8 Å². The summed E-state index contributed by atoms with van der Waals surface area (Å²) in [7, 11) is 1.63. The first kappa shape index (κ1) is 20.1. The molecule has 2 aromatic carbocycles. The molecule has 2 aromatic rings. The van der Waals surface area contributed by atoms with Crippen molar-refractivity contribution < 1.29 is 14.3 Å². The minimum Gasteiger partial charge on any atom is -0.493 e. The number of rotatable bonds is 6. The van der Waals surface area contributed by atoms with Gasteiger partial charge in [0.1, 0.15) is 12.3 Å². The Bertz CT molecular complexity index is 1040. The zero-order valence-corrected chi connectivity index (χ0v) is 18.0. The van der Waals surface area contributed by atoms with Crippen molar-refractivity contribution in [3.63, 3.8) is 0 Å². The maximum absolute atomic E-state index is 12.4. The van der Waals surface area contributed by atoms with Crippen LogP contribution in [-0.4, -0.2) is 31.8 Å². The third-order valence-corrected chi connectivity index (χ3v) is 6.06. The quantitative estimate of drug-likeness (QED) is 0.730. The average Bonchev–Trinajstić information content (AvgIpc) is 3.15. The van der Waals surface area contributed by atoms with Gasteiger partial charge in [-0.15, -0.1) is 0 Å². The van der Waals surface area contributed by atoms with Crippen LogP contribution in [0.25, 0.3) is 6.08 Å². The molecule has 0 aliphatic carbocycles. The molecule has 1 amide bonds. The summed E-state index contributed by atoms with van der Waals surface area (Å²) in [6, 6.07) is 14.1. The van der Waals surface area contributed by atoms with Crippen LogP contribution in [0.2, 0.25) is 0 Å². The highest BCUT2D eigenvalue weighted by molar-refractivity contribution is 5.91. The molecule has 1 atom stereocenters. The van der Waals surface area contributed by atoms with Crippen LogP contribution in [-0.2, 0) is 10.2 Å². The number of anilines is 1. The van der Waals surface area contributed by atoms with Gasteiger partial charge in [-0.1, -0.05) is 50.8 Å². The van der Waals surface area contributed by atoms with Gasteiger partial charge in [-0.3, -0.25) is 4.79 Å². The summed E-state index contributed by atoms with van der Waals surface area (Å²) in [4.78, 5) is 14.6. The SMILES string of the molecule is C=C(C)COc1ccc(/C=C/C23NC(=O)CN2c2ccccc2C3(C)C)cc1OC. The highest BCUT2D eigenvalue weighted by Gasteiger charge is 2.59. The van der Waals surface area contributed by atoms with Crippen LogP contribution in [0, 0.1) is 0 Å². The maximum atomic E-state index is 12.4. The number of hydrogen-bond donors (Lipinski definition) is 1. The maximum Gasteiger partial charge on any atom is 0.241 e. The number of fused-ring (bicyclic) bond motifs is 3. The predicted octanol–water partition coefficient (Wildman–Crippen LogP) is 4.29. The zero-order chi connectivity index (χ0) is 21.5. The molecule has 0 radical (unpaired) electrons. The average molecular weight is 405 g/mol. The van der Waals surface area contributed by atoms with Crippen LogP contribution in [0.4, 0.5) is 5.69 Å². The van der Waals surface area contributed by atoms with Gasteiger partial charge in [0.15, 0.2) is 11.5 Å². The molecule has 0 aromatic heterocycles. The van der Waals surface area contributed by atoms with Crippen molar-refractivity contribution >= 4 is 17.7 Å². The summed E-state index contributed by atoms with van der Waals surface area (Å²) in [5.41, 5.74) is 3.34. The molecule has 4 rings (SSSR count). The molecule has 2 aliphatic rings. The summed E-state index contributed by atoms with van der Waals surface area (Å²) < 4.78 is 11.3. The minimum atomic E-state index is -0.615. The lowest BCUT2D eigenvalue weighted by Crippen LogP contribution is -2.58. The normalized spacial score (nSPS) is 21.3. The van der Waals surface area contributed by atoms with Gasteiger partial charge in [-0.2, -0.15) is 0 Å². The van der Waals surface area contributed by atoms with E-state index in [1.807, 2.05) is 37.3 Å². The minimum absolute atomic E-state index is 0.0309. The van der Waals surface area contributed by atoms with Crippen molar-refractivity contribution in [3.8, 4) is 11.5 Å². The molecule has 0 bridgehead atoms. The number of hydrogen-bond acceptors (Lipinski definition) is 4. The van der Waals surface area contributed by atoms with Crippen LogP contribution in [0.15, 0.2) is 60.7 Å². The van der Waals surface area contributed by atoms with E-state index >= 15 is 0 Å². The number of nitrogens with one attached hydrogen (secondary N) is 1. The fraction of sp³-hybridized carbons (Fsp3) is 0.320. The third-order valence-electron chi connectivity index (χ3n) is 6.06. The van der Waals surface area contributed by atoms with E-state index in [9.17, 15) is 4.79 Å².